The van der Waals surface area contributed by atoms with Crippen LogP contribution in [0.15, 0.2) is 77.7 Å². The van der Waals surface area contributed by atoms with Crippen LogP contribution in [0.4, 0.5) is 0 Å². The molecule has 1 N–H and O–H groups in total. The van der Waals surface area contributed by atoms with Crippen molar-refractivity contribution in [3.8, 4) is 11.5 Å². The van der Waals surface area contributed by atoms with Gasteiger partial charge in [0.1, 0.15) is 13.2 Å². The zero-order valence-electron chi connectivity index (χ0n) is 20.8. The predicted octanol–water partition coefficient (Wildman–Crippen LogP) is 3.46. The Bertz CT molecular complexity index is 1340. The molecule has 0 saturated carbocycles. The van der Waals surface area contributed by atoms with Gasteiger partial charge < -0.3 is 14.8 Å². The van der Waals surface area contributed by atoms with Gasteiger partial charge in [-0.15, -0.1) is 0 Å². The molecular weight excluding hydrogens is 490 g/mol. The van der Waals surface area contributed by atoms with Crippen LogP contribution in [-0.4, -0.2) is 62.9 Å². The number of amides is 1. The monoisotopic (exact) mass is 521 g/mol. The lowest BCUT2D eigenvalue weighted by molar-refractivity contribution is 0.0939. The van der Waals surface area contributed by atoms with Crippen LogP contribution in [0, 0.1) is 0 Å². The van der Waals surface area contributed by atoms with Crippen LogP contribution in [0.5, 0.6) is 11.5 Å². The number of carbonyl (C=O) groups excluding carboxylic acids is 1. The molecule has 1 atom stereocenters. The van der Waals surface area contributed by atoms with Crippen molar-refractivity contribution in [1.82, 2.24) is 14.5 Å². The maximum Gasteiger partial charge on any atom is 0.251 e. The second-order valence-corrected chi connectivity index (χ2v) is 11.2. The highest BCUT2D eigenvalue weighted by Crippen LogP contribution is 2.32. The largest absolute Gasteiger partial charge is 0.486 e. The van der Waals surface area contributed by atoms with Gasteiger partial charge in [-0.3, -0.25) is 9.69 Å². The maximum absolute atomic E-state index is 12.8. The van der Waals surface area contributed by atoms with Crippen molar-refractivity contribution in [2.45, 2.75) is 24.4 Å². The fourth-order valence-electron chi connectivity index (χ4n) is 4.58. The lowest BCUT2D eigenvalue weighted by atomic mass is 10.1. The molecule has 2 aliphatic rings. The van der Waals surface area contributed by atoms with E-state index in [9.17, 15) is 13.2 Å². The summed E-state index contributed by atoms with van der Waals surface area (Å²) in [5.41, 5.74) is 2.62. The average Bonchev–Trinajstić information content (AvgIpc) is 2.94. The van der Waals surface area contributed by atoms with Crippen LogP contribution in [0.1, 0.15) is 34.5 Å². The predicted molar refractivity (Wildman–Crippen MR) is 140 cm³/mol. The number of hydrogen-bond donors (Lipinski definition) is 1. The molecule has 37 heavy (non-hydrogen) atoms. The number of sulfonamides is 1. The van der Waals surface area contributed by atoms with Crippen molar-refractivity contribution in [2.75, 3.05) is 39.4 Å². The van der Waals surface area contributed by atoms with Gasteiger partial charge in [0.15, 0.2) is 11.5 Å². The summed E-state index contributed by atoms with van der Waals surface area (Å²) in [5, 5.41) is 3.04. The molecule has 3 aromatic rings. The van der Waals surface area contributed by atoms with E-state index in [1.807, 2.05) is 55.5 Å². The summed E-state index contributed by atoms with van der Waals surface area (Å²) >= 11 is 0. The Labute approximate surface area is 217 Å². The molecule has 194 valence electrons. The minimum absolute atomic E-state index is 0.145. The standard InChI is InChI=1S/C28H31N3O5S/c1-21(24-11-12-26-27(19-24)36-18-17-35-26)29-28(32)23-9-7-22(8-10-23)20-30-13-15-31(16-14-30)37(33,34)25-5-3-2-4-6-25/h2-12,19,21H,13-18,20H2,1H3,(H,29,32). The zero-order valence-corrected chi connectivity index (χ0v) is 21.6. The van der Waals surface area contributed by atoms with Gasteiger partial charge in [-0.1, -0.05) is 36.4 Å². The fourth-order valence-corrected chi connectivity index (χ4v) is 6.03. The van der Waals surface area contributed by atoms with Crippen LogP contribution in [0.3, 0.4) is 0 Å². The van der Waals surface area contributed by atoms with Crippen molar-refractivity contribution >= 4 is 15.9 Å². The quantitative estimate of drug-likeness (QED) is 0.513. The lowest BCUT2D eigenvalue weighted by Crippen LogP contribution is -2.48. The zero-order chi connectivity index (χ0) is 25.8. The normalized spacial score (nSPS) is 17.2. The van der Waals surface area contributed by atoms with Crippen molar-refractivity contribution < 1.29 is 22.7 Å². The number of ether oxygens (including phenoxy) is 2. The average molecular weight is 522 g/mol. The first kappa shape index (κ1) is 25.3. The Balaban J connectivity index is 1.13. The van der Waals surface area contributed by atoms with Gasteiger partial charge in [-0.05, 0) is 54.4 Å². The number of nitrogens with zero attached hydrogens (tertiary/aromatic N) is 2. The van der Waals surface area contributed by atoms with E-state index in [1.54, 1.807) is 28.6 Å². The summed E-state index contributed by atoms with van der Waals surface area (Å²) in [7, 11) is -3.46. The van der Waals surface area contributed by atoms with Crippen LogP contribution in [0.2, 0.25) is 0 Å². The summed E-state index contributed by atoms with van der Waals surface area (Å²) in [6.45, 7) is 5.92. The van der Waals surface area contributed by atoms with E-state index in [0.717, 1.165) is 16.9 Å². The molecule has 1 unspecified atom stereocenters. The van der Waals surface area contributed by atoms with E-state index < -0.39 is 10.0 Å². The Morgan fingerprint density at radius 3 is 2.27 bits per heavy atom. The van der Waals surface area contributed by atoms with Gasteiger partial charge in [-0.2, -0.15) is 4.31 Å². The highest BCUT2D eigenvalue weighted by atomic mass is 32.2. The molecule has 0 aromatic heterocycles. The summed E-state index contributed by atoms with van der Waals surface area (Å²) in [5.74, 6) is 1.28. The van der Waals surface area contributed by atoms with Crippen LogP contribution >= 0.6 is 0 Å². The highest BCUT2D eigenvalue weighted by Gasteiger charge is 2.28. The third-order valence-electron chi connectivity index (χ3n) is 6.75. The van der Waals surface area contributed by atoms with Gasteiger partial charge in [0, 0.05) is 38.3 Å². The van der Waals surface area contributed by atoms with E-state index in [4.69, 9.17) is 9.47 Å². The molecule has 0 bridgehead atoms. The van der Waals surface area contributed by atoms with E-state index in [-0.39, 0.29) is 11.9 Å². The van der Waals surface area contributed by atoms with Crippen molar-refractivity contribution in [3.63, 3.8) is 0 Å². The number of nitrogens with one attached hydrogen (secondary N) is 1. The van der Waals surface area contributed by atoms with Crippen molar-refractivity contribution in [2.24, 2.45) is 0 Å². The summed E-state index contributed by atoms with van der Waals surface area (Å²) < 4.78 is 38.4. The Morgan fingerprint density at radius 1 is 0.892 bits per heavy atom. The first-order valence-electron chi connectivity index (χ1n) is 12.5. The first-order chi connectivity index (χ1) is 17.9. The summed E-state index contributed by atoms with van der Waals surface area (Å²) in [6, 6.07) is 21.7. The molecule has 0 spiro atoms. The number of hydrogen-bond acceptors (Lipinski definition) is 6. The smallest absolute Gasteiger partial charge is 0.251 e. The second kappa shape index (κ2) is 10.9. The Hall–Kier alpha value is -3.40. The topological polar surface area (TPSA) is 88.2 Å². The molecule has 2 heterocycles. The molecule has 5 rings (SSSR count). The Morgan fingerprint density at radius 2 is 1.57 bits per heavy atom. The summed E-state index contributed by atoms with van der Waals surface area (Å²) in [4.78, 5) is 15.4. The molecule has 3 aromatic carbocycles. The number of rotatable bonds is 7. The fraction of sp³-hybridized carbons (Fsp3) is 0.321. The highest BCUT2D eigenvalue weighted by molar-refractivity contribution is 7.89. The number of benzene rings is 3. The molecular formula is C28H31N3O5S. The van der Waals surface area contributed by atoms with E-state index in [2.05, 4.69) is 10.2 Å². The third-order valence-corrected chi connectivity index (χ3v) is 8.66. The van der Waals surface area contributed by atoms with Gasteiger partial charge in [0.05, 0.1) is 10.9 Å². The van der Waals surface area contributed by atoms with Crippen molar-refractivity contribution in [1.29, 1.82) is 0 Å². The number of fused-ring (bicyclic) bond motifs is 1. The number of piperazine rings is 1. The van der Waals surface area contributed by atoms with E-state index in [0.29, 0.717) is 62.1 Å². The minimum atomic E-state index is -3.46. The van der Waals surface area contributed by atoms with Crippen LogP contribution < -0.4 is 14.8 Å². The van der Waals surface area contributed by atoms with Gasteiger partial charge in [-0.25, -0.2) is 8.42 Å². The molecule has 1 saturated heterocycles. The Kier molecular flexibility index (Phi) is 7.45. The molecule has 9 heteroatoms. The second-order valence-electron chi connectivity index (χ2n) is 9.29. The first-order valence-corrected chi connectivity index (χ1v) is 13.9. The van der Waals surface area contributed by atoms with Gasteiger partial charge >= 0.3 is 0 Å². The van der Waals surface area contributed by atoms with E-state index >= 15 is 0 Å². The molecule has 1 fully saturated rings. The molecule has 2 aliphatic heterocycles. The van der Waals surface area contributed by atoms with E-state index in [1.165, 1.54) is 0 Å². The van der Waals surface area contributed by atoms with Crippen LogP contribution in [-0.2, 0) is 16.6 Å². The lowest BCUT2D eigenvalue weighted by Gasteiger charge is -2.34. The van der Waals surface area contributed by atoms with Crippen molar-refractivity contribution in [3.05, 3.63) is 89.5 Å². The maximum atomic E-state index is 12.8. The van der Waals surface area contributed by atoms with Gasteiger partial charge in [0.25, 0.3) is 5.91 Å². The SMILES string of the molecule is CC(NC(=O)c1ccc(CN2CCN(S(=O)(=O)c3ccccc3)CC2)cc1)c1ccc2c(c1)OCCO2. The minimum Gasteiger partial charge on any atom is -0.486 e. The third kappa shape index (κ3) is 5.79. The molecule has 1 amide bonds. The number of carbonyl (C=O) groups is 1. The summed E-state index contributed by atoms with van der Waals surface area (Å²) in [6.07, 6.45) is 0. The molecule has 0 radical (unpaired) electrons. The molecule has 8 nitrogen and oxygen atoms in total. The molecule has 0 aliphatic carbocycles. The van der Waals surface area contributed by atoms with Crippen LogP contribution in [0.25, 0.3) is 0 Å². The van der Waals surface area contributed by atoms with Gasteiger partial charge in [0.2, 0.25) is 10.0 Å².